The van der Waals surface area contributed by atoms with Gasteiger partial charge in [-0.15, -0.1) is 0 Å². The molecule has 2 aromatic rings. The molecule has 0 fully saturated rings. The van der Waals surface area contributed by atoms with Crippen molar-refractivity contribution in [2.45, 2.75) is 13.0 Å². The molecular formula is C16H20N2O3. The van der Waals surface area contributed by atoms with Crippen molar-refractivity contribution < 1.29 is 14.3 Å². The second kappa shape index (κ2) is 6.54. The van der Waals surface area contributed by atoms with Gasteiger partial charge in [0, 0.05) is 23.6 Å². The number of nitrogens with zero attached hydrogens (tertiary/aromatic N) is 2. The molecule has 2 rings (SSSR count). The van der Waals surface area contributed by atoms with E-state index in [1.54, 1.807) is 6.20 Å². The third kappa shape index (κ3) is 3.31. The predicted molar refractivity (Wildman–Crippen MR) is 81.5 cm³/mol. The third-order valence-electron chi connectivity index (χ3n) is 3.41. The number of Topliss-reactive ketones (excluding diaryl/α,β-unsaturated/α-hetero) is 1. The molecule has 0 bridgehead atoms. The van der Waals surface area contributed by atoms with Gasteiger partial charge in [-0.2, -0.15) is 0 Å². The number of hydrogen-bond donors (Lipinski definition) is 0. The number of rotatable bonds is 6. The zero-order valence-electron chi connectivity index (χ0n) is 12.6. The lowest BCUT2D eigenvalue weighted by Gasteiger charge is -2.10. The average Bonchev–Trinajstić information content (AvgIpc) is 2.84. The van der Waals surface area contributed by atoms with E-state index >= 15 is 0 Å². The van der Waals surface area contributed by atoms with Crippen LogP contribution in [0, 0.1) is 0 Å². The van der Waals surface area contributed by atoms with Crippen LogP contribution in [0.5, 0.6) is 0 Å². The second-order valence-electron chi connectivity index (χ2n) is 5.23. The standard InChI is InChI=1S/C16H20N2O3/c1-17(2)9-6-10-18-11-13(15(19)16(20)21-3)12-7-4-5-8-14(12)18/h4-5,7-8,11H,6,9-10H2,1-3H3. The first-order chi connectivity index (χ1) is 10.0. The van der Waals surface area contributed by atoms with Gasteiger partial charge in [-0.1, -0.05) is 18.2 Å². The van der Waals surface area contributed by atoms with E-state index in [9.17, 15) is 9.59 Å². The Labute approximate surface area is 124 Å². The Morgan fingerprint density at radius 3 is 2.62 bits per heavy atom. The fourth-order valence-electron chi connectivity index (χ4n) is 2.37. The molecule has 5 heteroatoms. The molecule has 0 saturated heterocycles. The number of aromatic nitrogens is 1. The molecule has 0 N–H and O–H groups in total. The Balaban J connectivity index is 2.34. The summed E-state index contributed by atoms with van der Waals surface area (Å²) in [5.74, 6) is -1.42. The number of hydrogen-bond acceptors (Lipinski definition) is 4. The highest BCUT2D eigenvalue weighted by Gasteiger charge is 2.21. The summed E-state index contributed by atoms with van der Waals surface area (Å²) in [4.78, 5) is 25.7. The predicted octanol–water partition coefficient (Wildman–Crippen LogP) is 1.95. The van der Waals surface area contributed by atoms with E-state index in [1.165, 1.54) is 7.11 Å². The van der Waals surface area contributed by atoms with Crippen LogP contribution in [0.3, 0.4) is 0 Å². The van der Waals surface area contributed by atoms with Gasteiger partial charge >= 0.3 is 5.97 Å². The Kier molecular flexibility index (Phi) is 4.75. The Hall–Kier alpha value is -2.14. The molecule has 0 aliphatic rings. The average molecular weight is 288 g/mol. The van der Waals surface area contributed by atoms with Crippen LogP contribution in [0.25, 0.3) is 10.9 Å². The zero-order chi connectivity index (χ0) is 15.4. The molecule has 0 aliphatic heterocycles. The second-order valence-corrected chi connectivity index (χ2v) is 5.23. The number of ketones is 1. The maximum Gasteiger partial charge on any atom is 0.379 e. The molecule has 0 aliphatic carbocycles. The normalized spacial score (nSPS) is 11.0. The lowest BCUT2D eigenvalue weighted by Crippen LogP contribution is -2.16. The van der Waals surface area contributed by atoms with Gasteiger partial charge in [-0.25, -0.2) is 4.79 Å². The molecule has 1 aromatic heterocycles. The summed E-state index contributed by atoms with van der Waals surface area (Å²) >= 11 is 0. The lowest BCUT2D eigenvalue weighted by atomic mass is 10.1. The number of esters is 1. The fourth-order valence-corrected chi connectivity index (χ4v) is 2.37. The van der Waals surface area contributed by atoms with Gasteiger partial charge in [-0.3, -0.25) is 4.79 Å². The van der Waals surface area contributed by atoms with Gasteiger partial charge in [0.15, 0.2) is 0 Å². The first kappa shape index (κ1) is 15.3. The van der Waals surface area contributed by atoms with Crippen molar-refractivity contribution in [3.05, 3.63) is 36.0 Å². The Morgan fingerprint density at radius 1 is 1.24 bits per heavy atom. The van der Waals surface area contributed by atoms with Crippen LogP contribution in [0.1, 0.15) is 16.8 Å². The molecule has 5 nitrogen and oxygen atoms in total. The summed E-state index contributed by atoms with van der Waals surface area (Å²) in [6.45, 7) is 1.76. The minimum Gasteiger partial charge on any atom is -0.463 e. The number of fused-ring (bicyclic) bond motifs is 1. The molecule has 0 amide bonds. The van der Waals surface area contributed by atoms with Crippen molar-refractivity contribution in [1.82, 2.24) is 9.47 Å². The zero-order valence-corrected chi connectivity index (χ0v) is 12.6. The van der Waals surface area contributed by atoms with E-state index < -0.39 is 11.8 Å². The van der Waals surface area contributed by atoms with Gasteiger partial charge in [-0.05, 0) is 33.1 Å². The smallest absolute Gasteiger partial charge is 0.379 e. The van der Waals surface area contributed by atoms with Crippen molar-refractivity contribution in [1.29, 1.82) is 0 Å². The highest BCUT2D eigenvalue weighted by Crippen LogP contribution is 2.22. The van der Waals surface area contributed by atoms with Gasteiger partial charge < -0.3 is 14.2 Å². The van der Waals surface area contributed by atoms with E-state index in [4.69, 9.17) is 0 Å². The molecule has 1 aromatic carbocycles. The number of carbonyl (C=O) groups is 2. The number of carbonyl (C=O) groups excluding carboxylic acids is 2. The van der Waals surface area contributed by atoms with Crippen LogP contribution >= 0.6 is 0 Å². The van der Waals surface area contributed by atoms with Gasteiger partial charge in [0.2, 0.25) is 0 Å². The van der Waals surface area contributed by atoms with Crippen molar-refractivity contribution in [3.8, 4) is 0 Å². The van der Waals surface area contributed by atoms with Gasteiger partial charge in [0.1, 0.15) is 0 Å². The maximum absolute atomic E-state index is 12.1. The highest BCUT2D eigenvalue weighted by atomic mass is 16.5. The third-order valence-corrected chi connectivity index (χ3v) is 3.41. The quantitative estimate of drug-likeness (QED) is 0.463. The van der Waals surface area contributed by atoms with Crippen molar-refractivity contribution in [2.24, 2.45) is 0 Å². The highest BCUT2D eigenvalue weighted by molar-refractivity contribution is 6.42. The van der Waals surface area contributed by atoms with Crippen LogP contribution in [0.15, 0.2) is 30.5 Å². The first-order valence-electron chi connectivity index (χ1n) is 6.90. The molecule has 1 heterocycles. The van der Waals surface area contributed by atoms with Crippen LogP contribution in [-0.2, 0) is 16.1 Å². The molecule has 112 valence electrons. The van der Waals surface area contributed by atoms with Gasteiger partial charge in [0.25, 0.3) is 5.78 Å². The topological polar surface area (TPSA) is 51.5 Å². The summed E-state index contributed by atoms with van der Waals surface area (Å²) in [5, 5.41) is 0.790. The van der Waals surface area contributed by atoms with Gasteiger partial charge in [0.05, 0.1) is 12.7 Å². The largest absolute Gasteiger partial charge is 0.463 e. The van der Waals surface area contributed by atoms with Crippen LogP contribution in [0.4, 0.5) is 0 Å². The van der Waals surface area contributed by atoms with Crippen LogP contribution in [-0.4, -0.2) is 49.0 Å². The van der Waals surface area contributed by atoms with Crippen molar-refractivity contribution in [3.63, 3.8) is 0 Å². The lowest BCUT2D eigenvalue weighted by molar-refractivity contribution is -0.135. The fraction of sp³-hybridized carbons (Fsp3) is 0.375. The summed E-state index contributed by atoms with van der Waals surface area (Å²) < 4.78 is 6.56. The number of ether oxygens (including phenoxy) is 1. The molecular weight excluding hydrogens is 268 g/mol. The molecule has 0 spiro atoms. The van der Waals surface area contributed by atoms with E-state index in [0.717, 1.165) is 30.4 Å². The van der Waals surface area contributed by atoms with E-state index in [1.807, 2.05) is 42.9 Å². The molecule has 21 heavy (non-hydrogen) atoms. The van der Waals surface area contributed by atoms with E-state index in [2.05, 4.69) is 9.64 Å². The van der Waals surface area contributed by atoms with Crippen LogP contribution in [0.2, 0.25) is 0 Å². The SMILES string of the molecule is COC(=O)C(=O)c1cn(CCCN(C)C)c2ccccc12. The Morgan fingerprint density at radius 2 is 1.95 bits per heavy atom. The minimum atomic E-state index is -0.828. The van der Waals surface area contributed by atoms with Crippen LogP contribution < -0.4 is 0 Å². The minimum absolute atomic E-state index is 0.405. The number of para-hydroxylation sites is 1. The number of benzene rings is 1. The van der Waals surface area contributed by atoms with E-state index in [0.29, 0.717) is 5.56 Å². The monoisotopic (exact) mass is 288 g/mol. The van der Waals surface area contributed by atoms with E-state index in [-0.39, 0.29) is 0 Å². The Bertz CT molecular complexity index is 659. The first-order valence-corrected chi connectivity index (χ1v) is 6.90. The number of aryl methyl sites for hydroxylation is 1. The number of methoxy groups -OCH3 is 1. The van der Waals surface area contributed by atoms with Crippen molar-refractivity contribution in [2.75, 3.05) is 27.7 Å². The van der Waals surface area contributed by atoms with Crippen molar-refractivity contribution >= 4 is 22.7 Å². The maximum atomic E-state index is 12.1. The molecule has 0 atom stereocenters. The summed E-state index contributed by atoms with van der Waals surface area (Å²) in [7, 11) is 5.27. The summed E-state index contributed by atoms with van der Waals surface area (Å²) in [5.41, 5.74) is 1.37. The molecule has 0 radical (unpaired) electrons. The molecule has 0 saturated carbocycles. The molecule has 0 unspecified atom stereocenters. The summed E-state index contributed by atoms with van der Waals surface area (Å²) in [6, 6.07) is 7.60. The summed E-state index contributed by atoms with van der Waals surface area (Å²) in [6.07, 6.45) is 2.72.